The molecule has 144 valence electrons. The monoisotopic (exact) mass is 366 g/mol. The predicted octanol–water partition coefficient (Wildman–Crippen LogP) is 6.70. The molecule has 2 aromatic carbocycles. The van der Waals surface area contributed by atoms with E-state index in [4.69, 9.17) is 0 Å². The fourth-order valence-corrected chi connectivity index (χ4v) is 4.36. The standard InChI is InChI=1S/C24H31FN2/c1-7-10-27-23-13-21(25)19(12-20(23)18(4)14-24(27,5)6)15-26-22-9-8-16(2)11-17(22)3/h8-9,11-13,15,18H,7,10,14H2,1-6H3. The molecule has 0 spiro atoms. The van der Waals surface area contributed by atoms with Crippen molar-refractivity contribution in [2.75, 3.05) is 11.4 Å². The highest BCUT2D eigenvalue weighted by Crippen LogP contribution is 2.44. The van der Waals surface area contributed by atoms with Crippen LogP contribution in [0.25, 0.3) is 0 Å². The maximum atomic E-state index is 14.9. The summed E-state index contributed by atoms with van der Waals surface area (Å²) in [5, 5.41) is 0. The number of aryl methyl sites for hydroxylation is 2. The van der Waals surface area contributed by atoms with E-state index in [2.05, 4.69) is 50.6 Å². The summed E-state index contributed by atoms with van der Waals surface area (Å²) < 4.78 is 14.9. The van der Waals surface area contributed by atoms with Crippen LogP contribution in [0.2, 0.25) is 0 Å². The van der Waals surface area contributed by atoms with Crippen LogP contribution < -0.4 is 4.90 Å². The molecule has 1 heterocycles. The van der Waals surface area contributed by atoms with Gasteiger partial charge in [-0.15, -0.1) is 0 Å². The minimum absolute atomic E-state index is 0.0451. The number of fused-ring (bicyclic) bond motifs is 1. The first kappa shape index (κ1) is 19.6. The number of halogens is 1. The number of aliphatic imine (C=N–C) groups is 1. The summed E-state index contributed by atoms with van der Waals surface area (Å²) in [6, 6.07) is 9.84. The first-order valence-corrected chi connectivity index (χ1v) is 9.95. The van der Waals surface area contributed by atoms with Gasteiger partial charge in [0.25, 0.3) is 0 Å². The molecule has 3 rings (SSSR count). The molecule has 0 saturated heterocycles. The molecule has 27 heavy (non-hydrogen) atoms. The van der Waals surface area contributed by atoms with Gasteiger partial charge in [0.1, 0.15) is 5.82 Å². The van der Waals surface area contributed by atoms with Crippen molar-refractivity contribution in [3.8, 4) is 0 Å². The van der Waals surface area contributed by atoms with E-state index in [-0.39, 0.29) is 11.4 Å². The van der Waals surface area contributed by atoms with Gasteiger partial charge in [-0.05, 0) is 75.8 Å². The molecular formula is C24H31FN2. The van der Waals surface area contributed by atoms with Crippen molar-refractivity contribution in [3.05, 3.63) is 58.4 Å². The first-order chi connectivity index (χ1) is 12.7. The highest BCUT2D eigenvalue weighted by atomic mass is 19.1. The molecule has 0 aromatic heterocycles. The molecule has 1 atom stereocenters. The molecule has 1 unspecified atom stereocenters. The fourth-order valence-electron chi connectivity index (χ4n) is 4.36. The van der Waals surface area contributed by atoms with E-state index in [1.165, 1.54) is 11.1 Å². The molecule has 0 fully saturated rings. The van der Waals surface area contributed by atoms with Crippen LogP contribution in [-0.4, -0.2) is 18.3 Å². The third-order valence-electron chi connectivity index (χ3n) is 5.65. The molecule has 3 heteroatoms. The van der Waals surface area contributed by atoms with Crippen molar-refractivity contribution in [1.29, 1.82) is 0 Å². The number of hydrogen-bond acceptors (Lipinski definition) is 2. The Kier molecular flexibility index (Phi) is 5.41. The average molecular weight is 367 g/mol. The van der Waals surface area contributed by atoms with Gasteiger partial charge in [-0.1, -0.05) is 31.5 Å². The Balaban J connectivity index is 2.00. The lowest BCUT2D eigenvalue weighted by atomic mass is 9.79. The Bertz CT molecular complexity index is 867. The van der Waals surface area contributed by atoms with E-state index < -0.39 is 0 Å². The minimum atomic E-state index is -0.201. The first-order valence-electron chi connectivity index (χ1n) is 9.95. The van der Waals surface area contributed by atoms with Gasteiger partial charge >= 0.3 is 0 Å². The summed E-state index contributed by atoms with van der Waals surface area (Å²) in [5.74, 6) is 0.199. The van der Waals surface area contributed by atoms with Crippen LogP contribution in [0.15, 0.2) is 35.3 Å². The average Bonchev–Trinajstić information content (AvgIpc) is 2.58. The quantitative estimate of drug-likeness (QED) is 0.550. The van der Waals surface area contributed by atoms with Crippen molar-refractivity contribution < 1.29 is 4.39 Å². The minimum Gasteiger partial charge on any atom is -0.366 e. The highest BCUT2D eigenvalue weighted by Gasteiger charge is 2.36. The number of nitrogens with zero attached hydrogens (tertiary/aromatic N) is 2. The zero-order chi connectivity index (χ0) is 19.8. The molecule has 2 aromatic rings. The molecule has 0 saturated carbocycles. The number of anilines is 1. The summed E-state index contributed by atoms with van der Waals surface area (Å²) in [6.45, 7) is 14.0. The lowest BCUT2D eigenvalue weighted by Gasteiger charge is -2.47. The maximum Gasteiger partial charge on any atom is 0.134 e. The van der Waals surface area contributed by atoms with Gasteiger partial charge < -0.3 is 4.90 Å². The van der Waals surface area contributed by atoms with Crippen molar-refractivity contribution in [3.63, 3.8) is 0 Å². The fraction of sp³-hybridized carbons (Fsp3) is 0.458. The second kappa shape index (κ2) is 7.46. The normalized spacial score (nSPS) is 18.8. The van der Waals surface area contributed by atoms with Gasteiger partial charge in [0.05, 0.1) is 5.69 Å². The Morgan fingerprint density at radius 3 is 2.63 bits per heavy atom. The van der Waals surface area contributed by atoms with Crippen molar-refractivity contribution in [2.45, 2.75) is 65.8 Å². The number of rotatable bonds is 4. The molecule has 1 aliphatic heterocycles. The van der Waals surface area contributed by atoms with Crippen molar-refractivity contribution in [1.82, 2.24) is 0 Å². The van der Waals surface area contributed by atoms with Crippen LogP contribution in [0.5, 0.6) is 0 Å². The van der Waals surface area contributed by atoms with Crippen LogP contribution in [0.1, 0.15) is 68.7 Å². The highest BCUT2D eigenvalue weighted by molar-refractivity contribution is 5.84. The number of hydrogen-bond donors (Lipinski definition) is 0. The maximum absolute atomic E-state index is 14.9. The largest absolute Gasteiger partial charge is 0.366 e. The number of benzene rings is 2. The van der Waals surface area contributed by atoms with Gasteiger partial charge in [-0.2, -0.15) is 0 Å². The molecular weight excluding hydrogens is 335 g/mol. The topological polar surface area (TPSA) is 15.6 Å². The van der Waals surface area contributed by atoms with Crippen molar-refractivity contribution in [2.24, 2.45) is 4.99 Å². The molecule has 1 aliphatic rings. The molecule has 2 nitrogen and oxygen atoms in total. The predicted molar refractivity (Wildman–Crippen MR) is 114 cm³/mol. The van der Waals surface area contributed by atoms with E-state index in [1.54, 1.807) is 12.3 Å². The van der Waals surface area contributed by atoms with E-state index >= 15 is 0 Å². The molecule has 0 N–H and O–H groups in total. The van der Waals surface area contributed by atoms with E-state index in [0.717, 1.165) is 36.3 Å². The van der Waals surface area contributed by atoms with E-state index in [0.29, 0.717) is 11.5 Å². The van der Waals surface area contributed by atoms with Gasteiger partial charge in [0.2, 0.25) is 0 Å². The van der Waals surface area contributed by atoms with E-state index in [1.807, 2.05) is 25.1 Å². The lowest BCUT2D eigenvalue weighted by Crippen LogP contribution is -2.48. The third-order valence-corrected chi connectivity index (χ3v) is 5.65. The van der Waals surface area contributed by atoms with Crippen LogP contribution in [0.3, 0.4) is 0 Å². The summed E-state index contributed by atoms with van der Waals surface area (Å²) in [7, 11) is 0. The summed E-state index contributed by atoms with van der Waals surface area (Å²) in [4.78, 5) is 6.93. The Morgan fingerprint density at radius 1 is 1.22 bits per heavy atom. The van der Waals surface area contributed by atoms with Gasteiger partial charge in [0, 0.05) is 29.5 Å². The third kappa shape index (κ3) is 3.92. The lowest BCUT2D eigenvalue weighted by molar-refractivity contribution is 0.375. The Morgan fingerprint density at radius 2 is 1.96 bits per heavy atom. The smallest absolute Gasteiger partial charge is 0.134 e. The van der Waals surface area contributed by atoms with Crippen LogP contribution >= 0.6 is 0 Å². The van der Waals surface area contributed by atoms with Gasteiger partial charge in [-0.3, -0.25) is 4.99 Å². The molecule has 0 bridgehead atoms. The second-order valence-corrected chi connectivity index (χ2v) is 8.55. The van der Waals surface area contributed by atoms with Crippen LogP contribution in [0, 0.1) is 19.7 Å². The zero-order valence-corrected chi connectivity index (χ0v) is 17.4. The Labute approximate surface area is 163 Å². The molecule has 0 radical (unpaired) electrons. The van der Waals surface area contributed by atoms with Crippen LogP contribution in [-0.2, 0) is 0 Å². The van der Waals surface area contributed by atoms with E-state index in [9.17, 15) is 4.39 Å². The zero-order valence-electron chi connectivity index (χ0n) is 17.4. The van der Waals surface area contributed by atoms with Crippen molar-refractivity contribution >= 4 is 17.6 Å². The summed E-state index contributed by atoms with van der Waals surface area (Å²) in [5.41, 5.74) is 6.08. The molecule has 0 aliphatic carbocycles. The molecule has 0 amide bonds. The summed E-state index contributed by atoms with van der Waals surface area (Å²) in [6.07, 6.45) is 3.79. The summed E-state index contributed by atoms with van der Waals surface area (Å²) >= 11 is 0. The second-order valence-electron chi connectivity index (χ2n) is 8.55. The Hall–Kier alpha value is -2.16. The SMILES string of the molecule is CCCN1c2cc(F)c(C=Nc3ccc(C)cc3C)cc2C(C)CC1(C)C. The van der Waals surface area contributed by atoms with Gasteiger partial charge in [0.15, 0.2) is 0 Å². The van der Waals surface area contributed by atoms with Gasteiger partial charge in [-0.25, -0.2) is 4.39 Å². The van der Waals surface area contributed by atoms with Crippen LogP contribution in [0.4, 0.5) is 15.8 Å².